The minimum absolute atomic E-state index is 0.202. The monoisotopic (exact) mass is 209 g/mol. The maximum Gasteiger partial charge on any atom is 0.240 e. The van der Waals surface area contributed by atoms with Crippen LogP contribution in [0, 0.1) is 0 Å². The number of rotatable bonds is 1. The summed E-state index contributed by atoms with van der Waals surface area (Å²) in [6.07, 6.45) is 2.05. The fourth-order valence-electron chi connectivity index (χ4n) is 1.79. The van der Waals surface area contributed by atoms with Gasteiger partial charge in [-0.2, -0.15) is 0 Å². The van der Waals surface area contributed by atoms with E-state index in [0.717, 1.165) is 18.9 Å². The Hall–Kier alpha value is -1.43. The third kappa shape index (κ3) is 2.33. The molecule has 0 bridgehead atoms. The van der Waals surface area contributed by atoms with Gasteiger partial charge in [0.15, 0.2) is 5.82 Å². The molecule has 0 radical (unpaired) electrons. The summed E-state index contributed by atoms with van der Waals surface area (Å²) in [6, 6.07) is 0. The smallest absolute Gasteiger partial charge is 0.240 e. The fourth-order valence-corrected chi connectivity index (χ4v) is 1.79. The third-order valence-electron chi connectivity index (χ3n) is 2.31. The van der Waals surface area contributed by atoms with Crippen molar-refractivity contribution in [3.8, 4) is 0 Å². The van der Waals surface area contributed by atoms with Crippen molar-refractivity contribution in [3.63, 3.8) is 0 Å². The molecule has 2 rings (SSSR count). The first kappa shape index (κ1) is 10.1. The molecule has 1 aromatic rings. The maximum absolute atomic E-state index is 5.63. The molecule has 1 aliphatic heterocycles. The van der Waals surface area contributed by atoms with Crippen LogP contribution in [0.1, 0.15) is 13.8 Å². The summed E-state index contributed by atoms with van der Waals surface area (Å²) in [5.41, 5.74) is 5.38. The largest absolute Gasteiger partial charge is 0.372 e. The Labute approximate surface area is 88.5 Å². The molecule has 0 unspecified atom stereocenters. The van der Waals surface area contributed by atoms with Crippen molar-refractivity contribution >= 4 is 11.8 Å². The Bertz CT molecular complexity index is 318. The van der Waals surface area contributed by atoms with Gasteiger partial charge in [-0.3, -0.25) is 0 Å². The second-order valence-electron chi connectivity index (χ2n) is 3.84. The van der Waals surface area contributed by atoms with Gasteiger partial charge in [-0.1, -0.05) is 0 Å². The molecule has 1 aromatic heterocycles. The molecule has 0 amide bonds. The number of hydrogen-bond acceptors (Lipinski definition) is 6. The van der Waals surface area contributed by atoms with Crippen LogP contribution in [0.3, 0.4) is 0 Å². The Morgan fingerprint density at radius 2 is 2.00 bits per heavy atom. The molecule has 1 saturated heterocycles. The highest BCUT2D eigenvalue weighted by Gasteiger charge is 2.23. The minimum atomic E-state index is 0.202. The molecule has 0 spiro atoms. The summed E-state index contributed by atoms with van der Waals surface area (Å²) in [5.74, 6) is 0.958. The van der Waals surface area contributed by atoms with Gasteiger partial charge in [-0.05, 0) is 13.8 Å². The molecule has 2 atom stereocenters. The van der Waals surface area contributed by atoms with Gasteiger partial charge in [0.2, 0.25) is 5.95 Å². The Morgan fingerprint density at radius 1 is 1.33 bits per heavy atom. The van der Waals surface area contributed by atoms with Crippen LogP contribution in [0.2, 0.25) is 0 Å². The zero-order chi connectivity index (χ0) is 10.8. The van der Waals surface area contributed by atoms with E-state index in [4.69, 9.17) is 10.5 Å². The van der Waals surface area contributed by atoms with Gasteiger partial charge in [-0.15, -0.1) is 10.2 Å². The van der Waals surface area contributed by atoms with Crippen LogP contribution in [0.25, 0.3) is 0 Å². The van der Waals surface area contributed by atoms with Crippen molar-refractivity contribution in [2.24, 2.45) is 0 Å². The summed E-state index contributed by atoms with van der Waals surface area (Å²) in [6.45, 7) is 5.71. The van der Waals surface area contributed by atoms with E-state index in [9.17, 15) is 0 Å². The summed E-state index contributed by atoms with van der Waals surface area (Å²) < 4.78 is 5.63. The van der Waals surface area contributed by atoms with E-state index in [1.165, 1.54) is 0 Å². The molecule has 0 aliphatic carbocycles. The Morgan fingerprint density at radius 3 is 2.53 bits per heavy atom. The van der Waals surface area contributed by atoms with Crippen LogP contribution in [-0.4, -0.2) is 40.5 Å². The first-order valence-electron chi connectivity index (χ1n) is 5.01. The SMILES string of the molecule is C[C@@H]1CN(c2cnc(N)nn2)C[C@H](C)O1. The molecular weight excluding hydrogens is 194 g/mol. The Kier molecular flexibility index (Phi) is 2.68. The number of nitrogens with two attached hydrogens (primary N) is 1. The van der Waals surface area contributed by atoms with Crippen LogP contribution < -0.4 is 10.6 Å². The van der Waals surface area contributed by atoms with E-state index in [-0.39, 0.29) is 18.2 Å². The highest BCUT2D eigenvalue weighted by Crippen LogP contribution is 2.16. The number of aromatic nitrogens is 3. The predicted molar refractivity (Wildman–Crippen MR) is 56.5 cm³/mol. The Balaban J connectivity index is 2.12. The standard InChI is InChI=1S/C9H15N5O/c1-6-4-14(5-7(2)15-6)8-3-11-9(10)13-12-8/h3,6-7H,4-5H2,1-2H3,(H2,10,11,13)/t6-,7+. The van der Waals surface area contributed by atoms with Gasteiger partial charge in [-0.25, -0.2) is 4.98 Å². The molecule has 82 valence electrons. The van der Waals surface area contributed by atoms with Gasteiger partial charge in [0.05, 0.1) is 18.4 Å². The van der Waals surface area contributed by atoms with E-state index in [0.29, 0.717) is 0 Å². The predicted octanol–water partition coefficient (Wildman–Crippen LogP) is 0.0674. The summed E-state index contributed by atoms with van der Waals surface area (Å²) in [7, 11) is 0. The van der Waals surface area contributed by atoms with Crippen molar-refractivity contribution < 1.29 is 4.74 Å². The zero-order valence-electron chi connectivity index (χ0n) is 8.92. The van der Waals surface area contributed by atoms with Gasteiger partial charge in [0.25, 0.3) is 0 Å². The minimum Gasteiger partial charge on any atom is -0.372 e. The lowest BCUT2D eigenvalue weighted by Crippen LogP contribution is -2.46. The van der Waals surface area contributed by atoms with Crippen LogP contribution >= 0.6 is 0 Å². The third-order valence-corrected chi connectivity index (χ3v) is 2.31. The second kappa shape index (κ2) is 3.98. The lowest BCUT2D eigenvalue weighted by Gasteiger charge is -2.35. The maximum atomic E-state index is 5.63. The van der Waals surface area contributed by atoms with Crippen LogP contribution in [0.15, 0.2) is 6.20 Å². The highest BCUT2D eigenvalue weighted by molar-refractivity contribution is 5.36. The lowest BCUT2D eigenvalue weighted by atomic mass is 10.2. The first-order chi connectivity index (χ1) is 7.15. The van der Waals surface area contributed by atoms with E-state index < -0.39 is 0 Å². The summed E-state index contributed by atoms with van der Waals surface area (Å²) in [4.78, 5) is 6.04. The number of morpholine rings is 1. The molecule has 0 saturated carbocycles. The van der Waals surface area contributed by atoms with Gasteiger partial charge < -0.3 is 15.4 Å². The molecule has 15 heavy (non-hydrogen) atoms. The topological polar surface area (TPSA) is 77.2 Å². The summed E-state index contributed by atoms with van der Waals surface area (Å²) >= 11 is 0. The first-order valence-corrected chi connectivity index (χ1v) is 5.01. The molecule has 6 heteroatoms. The number of hydrogen-bond donors (Lipinski definition) is 1. The van der Waals surface area contributed by atoms with Gasteiger partial charge in [0, 0.05) is 13.1 Å². The normalized spacial score (nSPS) is 26.7. The van der Waals surface area contributed by atoms with E-state index in [2.05, 4.69) is 20.1 Å². The van der Waals surface area contributed by atoms with Crippen molar-refractivity contribution in [1.29, 1.82) is 0 Å². The van der Waals surface area contributed by atoms with Gasteiger partial charge >= 0.3 is 0 Å². The number of ether oxygens (including phenoxy) is 1. The van der Waals surface area contributed by atoms with Crippen molar-refractivity contribution in [2.45, 2.75) is 26.1 Å². The molecule has 6 nitrogen and oxygen atoms in total. The van der Waals surface area contributed by atoms with E-state index in [1.54, 1.807) is 6.20 Å². The van der Waals surface area contributed by atoms with Crippen LogP contribution in [0.4, 0.5) is 11.8 Å². The molecule has 0 aromatic carbocycles. The van der Waals surface area contributed by atoms with E-state index in [1.807, 2.05) is 13.8 Å². The second-order valence-corrected chi connectivity index (χ2v) is 3.84. The quantitative estimate of drug-likeness (QED) is 0.705. The van der Waals surface area contributed by atoms with Crippen LogP contribution in [0.5, 0.6) is 0 Å². The summed E-state index contributed by atoms with van der Waals surface area (Å²) in [5, 5.41) is 7.74. The van der Waals surface area contributed by atoms with Crippen LogP contribution in [-0.2, 0) is 4.74 Å². The number of nitrogens with zero attached hydrogens (tertiary/aromatic N) is 4. The molecule has 2 heterocycles. The van der Waals surface area contributed by atoms with Crippen molar-refractivity contribution in [3.05, 3.63) is 6.20 Å². The average Bonchev–Trinajstić information content (AvgIpc) is 2.17. The average molecular weight is 209 g/mol. The molecule has 1 fully saturated rings. The highest BCUT2D eigenvalue weighted by atomic mass is 16.5. The number of anilines is 2. The van der Waals surface area contributed by atoms with Crippen molar-refractivity contribution in [2.75, 3.05) is 23.7 Å². The van der Waals surface area contributed by atoms with Crippen molar-refractivity contribution in [1.82, 2.24) is 15.2 Å². The van der Waals surface area contributed by atoms with E-state index >= 15 is 0 Å². The number of nitrogen functional groups attached to an aromatic ring is 1. The lowest BCUT2D eigenvalue weighted by molar-refractivity contribution is -0.00552. The molecule has 1 aliphatic rings. The zero-order valence-corrected chi connectivity index (χ0v) is 8.92. The molecule has 2 N–H and O–H groups in total. The van der Waals surface area contributed by atoms with Gasteiger partial charge in [0.1, 0.15) is 0 Å². The molecular formula is C9H15N5O. The fraction of sp³-hybridized carbons (Fsp3) is 0.667.